The molecule has 0 saturated carbocycles. The average Bonchev–Trinajstić information content (AvgIpc) is 2.33. The summed E-state index contributed by atoms with van der Waals surface area (Å²) in [6.45, 7) is 0.0624. The van der Waals surface area contributed by atoms with Crippen LogP contribution in [0.2, 0.25) is 0 Å². The predicted molar refractivity (Wildman–Crippen MR) is 66.7 cm³/mol. The van der Waals surface area contributed by atoms with Gasteiger partial charge in [0.15, 0.2) is 0 Å². The van der Waals surface area contributed by atoms with Crippen molar-refractivity contribution in [1.82, 2.24) is 0 Å². The zero-order valence-electron chi connectivity index (χ0n) is 9.37. The number of hydrogen-bond acceptors (Lipinski definition) is 1. The molecule has 0 radical (unpaired) electrons. The Hall–Kier alpha value is -1.70. The Kier molecular flexibility index (Phi) is 5.20. The van der Waals surface area contributed by atoms with Crippen LogP contribution in [0.4, 0.5) is 0 Å². The molecular formula is C15H16O. The van der Waals surface area contributed by atoms with Gasteiger partial charge in [0.1, 0.15) is 0 Å². The summed E-state index contributed by atoms with van der Waals surface area (Å²) in [7, 11) is 0. The van der Waals surface area contributed by atoms with Crippen molar-refractivity contribution >= 4 is 0 Å². The van der Waals surface area contributed by atoms with E-state index in [4.69, 9.17) is 18.0 Å². The molecule has 0 spiro atoms. The molecule has 0 bridgehead atoms. The van der Waals surface area contributed by atoms with Crippen LogP contribution < -0.4 is 0 Å². The third-order valence-corrected chi connectivity index (χ3v) is 2.41. The van der Waals surface area contributed by atoms with Crippen LogP contribution in [0.3, 0.4) is 0 Å². The lowest BCUT2D eigenvalue weighted by Crippen LogP contribution is -1.94. The Bertz CT molecular complexity index is 382. The Morgan fingerprint density at radius 3 is 1.69 bits per heavy atom. The van der Waals surface area contributed by atoms with Crippen molar-refractivity contribution in [3.63, 3.8) is 0 Å². The van der Waals surface area contributed by atoms with Gasteiger partial charge in [0.25, 0.3) is 0 Å². The van der Waals surface area contributed by atoms with Crippen molar-refractivity contribution in [1.29, 1.82) is 0 Å². The molecular weight excluding hydrogens is 196 g/mol. The summed E-state index contributed by atoms with van der Waals surface area (Å²) >= 11 is 0. The molecule has 1 heteroatoms. The van der Waals surface area contributed by atoms with Gasteiger partial charge in [0.2, 0.25) is 0 Å². The van der Waals surface area contributed by atoms with Crippen LogP contribution in [-0.4, -0.2) is 5.11 Å². The molecule has 1 aromatic carbocycles. The van der Waals surface area contributed by atoms with Gasteiger partial charge in [-0.2, -0.15) is 0 Å². The number of benzene rings is 1. The predicted octanol–water partition coefficient (Wildman–Crippen LogP) is 2.31. The molecule has 82 valence electrons. The topological polar surface area (TPSA) is 20.2 Å². The Morgan fingerprint density at radius 2 is 1.31 bits per heavy atom. The van der Waals surface area contributed by atoms with Crippen molar-refractivity contribution in [2.75, 3.05) is 0 Å². The summed E-state index contributed by atoms with van der Waals surface area (Å²) in [6, 6.07) is 6.11. The van der Waals surface area contributed by atoms with Gasteiger partial charge in [-0.15, -0.1) is 24.7 Å². The van der Waals surface area contributed by atoms with E-state index in [1.165, 1.54) is 11.1 Å². The normalized spacial score (nSPS) is 9.44. The summed E-state index contributed by atoms with van der Waals surface area (Å²) in [6.07, 6.45) is 13.6. The molecule has 0 aliphatic heterocycles. The lowest BCUT2D eigenvalue weighted by molar-refractivity contribution is 0.281. The first-order valence-electron chi connectivity index (χ1n) is 5.39. The molecule has 1 N–H and O–H groups in total. The standard InChI is InChI=1S/C15H16O/c1-3-5-7-13-9-14(8-6-4-2)11-15(10-13)12-16/h1-2,9-11,16H,5-8,12H2. The van der Waals surface area contributed by atoms with Crippen molar-refractivity contribution in [3.05, 3.63) is 34.9 Å². The van der Waals surface area contributed by atoms with E-state index < -0.39 is 0 Å². The van der Waals surface area contributed by atoms with Crippen molar-refractivity contribution < 1.29 is 5.11 Å². The van der Waals surface area contributed by atoms with Crippen molar-refractivity contribution in [3.8, 4) is 24.7 Å². The summed E-state index contributed by atoms with van der Waals surface area (Å²) in [4.78, 5) is 0. The molecule has 16 heavy (non-hydrogen) atoms. The first kappa shape index (κ1) is 12.4. The van der Waals surface area contributed by atoms with Gasteiger partial charge in [-0.25, -0.2) is 0 Å². The highest BCUT2D eigenvalue weighted by atomic mass is 16.3. The zero-order chi connectivity index (χ0) is 11.8. The highest BCUT2D eigenvalue weighted by molar-refractivity contribution is 5.31. The van der Waals surface area contributed by atoms with Crippen LogP contribution in [0.1, 0.15) is 29.5 Å². The second kappa shape index (κ2) is 6.72. The Balaban J connectivity index is 2.84. The number of aryl methyl sites for hydroxylation is 2. The third kappa shape index (κ3) is 3.81. The molecule has 1 rings (SSSR count). The van der Waals surface area contributed by atoms with Crippen LogP contribution in [0.5, 0.6) is 0 Å². The van der Waals surface area contributed by atoms with Gasteiger partial charge in [-0.3, -0.25) is 0 Å². The minimum absolute atomic E-state index is 0.0624. The van der Waals surface area contributed by atoms with E-state index in [2.05, 4.69) is 17.9 Å². The second-order valence-corrected chi connectivity index (χ2v) is 3.72. The van der Waals surface area contributed by atoms with Crippen LogP contribution >= 0.6 is 0 Å². The average molecular weight is 212 g/mol. The van der Waals surface area contributed by atoms with E-state index >= 15 is 0 Å². The van der Waals surface area contributed by atoms with Gasteiger partial charge in [0, 0.05) is 12.8 Å². The van der Waals surface area contributed by atoms with Gasteiger partial charge in [0.05, 0.1) is 6.61 Å². The fraction of sp³-hybridized carbons (Fsp3) is 0.333. The van der Waals surface area contributed by atoms with Crippen molar-refractivity contribution in [2.45, 2.75) is 32.3 Å². The largest absolute Gasteiger partial charge is 0.392 e. The number of aliphatic hydroxyl groups excluding tert-OH is 1. The van der Waals surface area contributed by atoms with E-state index in [9.17, 15) is 0 Å². The smallest absolute Gasteiger partial charge is 0.0682 e. The zero-order valence-corrected chi connectivity index (χ0v) is 9.37. The van der Waals surface area contributed by atoms with Crippen LogP contribution in [0.15, 0.2) is 18.2 Å². The number of terminal acetylenes is 2. The van der Waals surface area contributed by atoms with E-state index in [1.54, 1.807) is 0 Å². The minimum atomic E-state index is 0.0624. The molecule has 1 aromatic rings. The fourth-order valence-corrected chi connectivity index (χ4v) is 1.65. The molecule has 0 atom stereocenters. The molecule has 1 nitrogen and oxygen atoms in total. The van der Waals surface area contributed by atoms with Crippen LogP contribution in [0.25, 0.3) is 0 Å². The van der Waals surface area contributed by atoms with E-state index in [1.807, 2.05) is 12.1 Å². The first-order chi connectivity index (χ1) is 7.80. The summed E-state index contributed by atoms with van der Waals surface area (Å²) in [5, 5.41) is 9.16. The molecule has 0 aliphatic rings. The van der Waals surface area contributed by atoms with E-state index in [0.717, 1.165) is 31.2 Å². The minimum Gasteiger partial charge on any atom is -0.392 e. The highest BCUT2D eigenvalue weighted by Crippen LogP contribution is 2.14. The van der Waals surface area contributed by atoms with Crippen LogP contribution in [-0.2, 0) is 19.4 Å². The maximum atomic E-state index is 9.16. The molecule has 0 saturated heterocycles. The molecule has 0 fully saturated rings. The van der Waals surface area contributed by atoms with Crippen molar-refractivity contribution in [2.24, 2.45) is 0 Å². The second-order valence-electron chi connectivity index (χ2n) is 3.72. The van der Waals surface area contributed by atoms with E-state index in [-0.39, 0.29) is 6.61 Å². The fourth-order valence-electron chi connectivity index (χ4n) is 1.65. The third-order valence-electron chi connectivity index (χ3n) is 2.41. The maximum absolute atomic E-state index is 9.16. The summed E-state index contributed by atoms with van der Waals surface area (Å²) < 4.78 is 0. The number of aliphatic hydroxyl groups is 1. The monoisotopic (exact) mass is 212 g/mol. The van der Waals surface area contributed by atoms with Gasteiger partial charge >= 0.3 is 0 Å². The summed E-state index contributed by atoms with van der Waals surface area (Å²) in [5.74, 6) is 5.24. The maximum Gasteiger partial charge on any atom is 0.0682 e. The molecule has 0 amide bonds. The van der Waals surface area contributed by atoms with Gasteiger partial charge in [-0.05, 0) is 29.5 Å². The van der Waals surface area contributed by atoms with Crippen LogP contribution in [0, 0.1) is 24.7 Å². The lowest BCUT2D eigenvalue weighted by Gasteiger charge is -2.06. The van der Waals surface area contributed by atoms with Gasteiger partial charge in [-0.1, -0.05) is 18.2 Å². The number of rotatable bonds is 5. The lowest BCUT2D eigenvalue weighted by atomic mass is 10.00. The summed E-state index contributed by atoms with van der Waals surface area (Å²) in [5.41, 5.74) is 3.29. The first-order valence-corrected chi connectivity index (χ1v) is 5.39. The molecule has 0 unspecified atom stereocenters. The highest BCUT2D eigenvalue weighted by Gasteiger charge is 2.00. The van der Waals surface area contributed by atoms with Gasteiger partial charge < -0.3 is 5.11 Å². The molecule has 0 aromatic heterocycles. The Labute approximate surface area is 97.5 Å². The Morgan fingerprint density at radius 1 is 0.875 bits per heavy atom. The molecule has 0 heterocycles. The number of hydrogen-bond donors (Lipinski definition) is 1. The molecule has 0 aliphatic carbocycles. The van der Waals surface area contributed by atoms with E-state index in [0.29, 0.717) is 0 Å². The quantitative estimate of drug-likeness (QED) is 0.743. The SMILES string of the molecule is C#CCCc1cc(CO)cc(CCC#C)c1.